The third-order valence-electron chi connectivity index (χ3n) is 2.89. The molecule has 0 aromatic carbocycles. The molecule has 0 radical (unpaired) electrons. The lowest BCUT2D eigenvalue weighted by Gasteiger charge is -2.23. The Hall–Kier alpha value is -0.160. The van der Waals surface area contributed by atoms with E-state index in [1.165, 1.54) is 0 Å². The summed E-state index contributed by atoms with van der Waals surface area (Å²) in [5.41, 5.74) is 0. The zero-order chi connectivity index (χ0) is 9.84. The van der Waals surface area contributed by atoms with Crippen LogP contribution in [0, 0.1) is 5.92 Å². The fourth-order valence-corrected chi connectivity index (χ4v) is 2.18. The first-order valence-corrected chi connectivity index (χ1v) is 4.62. The van der Waals surface area contributed by atoms with E-state index in [0.29, 0.717) is 0 Å². The molecule has 1 rings (SSSR count). The third-order valence-corrected chi connectivity index (χ3v) is 2.89. The van der Waals surface area contributed by atoms with Crippen LogP contribution >= 0.6 is 0 Å². The van der Waals surface area contributed by atoms with Gasteiger partial charge in [0, 0.05) is 32.8 Å². The van der Waals surface area contributed by atoms with Crippen LogP contribution in [0.1, 0.15) is 6.42 Å². The van der Waals surface area contributed by atoms with Crippen LogP contribution in [0.3, 0.4) is 0 Å². The predicted molar refractivity (Wildman–Crippen MR) is 49.6 cm³/mol. The zero-order valence-corrected chi connectivity index (χ0v) is 8.49. The van der Waals surface area contributed by atoms with Gasteiger partial charge >= 0.3 is 0 Å². The van der Waals surface area contributed by atoms with Crippen LogP contribution in [0.15, 0.2) is 0 Å². The minimum atomic E-state index is 0.00690. The lowest BCUT2D eigenvalue weighted by Crippen LogP contribution is -2.40. The van der Waals surface area contributed by atoms with Gasteiger partial charge in [0.1, 0.15) is 0 Å². The van der Waals surface area contributed by atoms with Crippen molar-refractivity contribution in [2.75, 3.05) is 27.9 Å². The van der Waals surface area contributed by atoms with E-state index in [4.69, 9.17) is 14.6 Å². The van der Waals surface area contributed by atoms with Crippen LogP contribution in [0.2, 0.25) is 0 Å². The van der Waals surface area contributed by atoms with Gasteiger partial charge in [0.05, 0.1) is 12.2 Å². The van der Waals surface area contributed by atoms with Crippen molar-refractivity contribution in [3.63, 3.8) is 0 Å². The van der Waals surface area contributed by atoms with E-state index >= 15 is 0 Å². The Bertz CT molecular complexity index is 138. The highest BCUT2D eigenvalue weighted by Crippen LogP contribution is 2.30. The first kappa shape index (κ1) is 10.9. The Morgan fingerprint density at radius 2 is 1.92 bits per heavy atom. The average Bonchev–Trinajstić information content (AvgIpc) is 2.54. The zero-order valence-electron chi connectivity index (χ0n) is 8.49. The third kappa shape index (κ3) is 2.02. The number of hydrogen-bond donors (Lipinski definition) is 2. The quantitative estimate of drug-likeness (QED) is 0.633. The summed E-state index contributed by atoms with van der Waals surface area (Å²) in [5, 5.41) is 12.3. The Kier molecular flexibility index (Phi) is 4.12. The molecule has 4 nitrogen and oxygen atoms in total. The second-order valence-electron chi connectivity index (χ2n) is 3.47. The van der Waals surface area contributed by atoms with Gasteiger partial charge in [-0.3, -0.25) is 0 Å². The van der Waals surface area contributed by atoms with Crippen LogP contribution in [-0.4, -0.2) is 51.2 Å². The summed E-state index contributed by atoms with van der Waals surface area (Å²) in [6.45, 7) is 0.163. The van der Waals surface area contributed by atoms with Crippen molar-refractivity contribution in [1.82, 2.24) is 5.32 Å². The van der Waals surface area contributed by atoms with E-state index in [1.807, 2.05) is 7.05 Å². The molecule has 0 amide bonds. The average molecular weight is 189 g/mol. The molecule has 0 spiro atoms. The largest absolute Gasteiger partial charge is 0.396 e. The Labute approximate surface area is 79.2 Å². The highest BCUT2D eigenvalue weighted by molar-refractivity contribution is 4.96. The van der Waals surface area contributed by atoms with Crippen LogP contribution in [0.5, 0.6) is 0 Å². The number of aliphatic hydroxyl groups is 1. The molecule has 0 aromatic heterocycles. The predicted octanol–water partition coefficient (Wildman–Crippen LogP) is -0.383. The molecule has 13 heavy (non-hydrogen) atoms. The normalized spacial score (nSPS) is 39.7. The van der Waals surface area contributed by atoms with Crippen molar-refractivity contribution in [2.45, 2.75) is 24.7 Å². The molecule has 1 saturated carbocycles. The number of ether oxygens (including phenoxy) is 2. The summed E-state index contributed by atoms with van der Waals surface area (Å²) in [5.74, 6) is 0.187. The van der Waals surface area contributed by atoms with Crippen molar-refractivity contribution >= 4 is 0 Å². The molecule has 2 N–H and O–H groups in total. The molecule has 1 unspecified atom stereocenters. The highest BCUT2D eigenvalue weighted by atomic mass is 16.5. The topological polar surface area (TPSA) is 50.7 Å². The fraction of sp³-hybridized carbons (Fsp3) is 1.00. The molecule has 0 aliphatic heterocycles. The van der Waals surface area contributed by atoms with Crippen LogP contribution in [0.4, 0.5) is 0 Å². The van der Waals surface area contributed by atoms with E-state index in [2.05, 4.69) is 5.32 Å². The molecule has 78 valence electrons. The second-order valence-corrected chi connectivity index (χ2v) is 3.47. The summed E-state index contributed by atoms with van der Waals surface area (Å²) in [7, 11) is 5.25. The maximum absolute atomic E-state index is 9.13. The van der Waals surface area contributed by atoms with Gasteiger partial charge in [0.2, 0.25) is 0 Å². The number of hydrogen-bond acceptors (Lipinski definition) is 4. The van der Waals surface area contributed by atoms with Gasteiger partial charge in [-0.1, -0.05) is 0 Å². The first-order valence-electron chi connectivity index (χ1n) is 4.62. The molecule has 4 atom stereocenters. The summed E-state index contributed by atoms with van der Waals surface area (Å²) in [6, 6.07) is 0.284. The highest BCUT2D eigenvalue weighted by Gasteiger charge is 2.42. The Balaban J connectivity index is 2.65. The van der Waals surface area contributed by atoms with Gasteiger partial charge in [0.25, 0.3) is 0 Å². The molecular formula is C9H19NO3. The van der Waals surface area contributed by atoms with Crippen molar-refractivity contribution in [3.8, 4) is 0 Å². The molecule has 0 bridgehead atoms. The minimum absolute atomic E-state index is 0.00690. The molecule has 1 aliphatic carbocycles. The van der Waals surface area contributed by atoms with E-state index in [1.54, 1.807) is 14.2 Å². The fourth-order valence-electron chi connectivity index (χ4n) is 2.18. The lowest BCUT2D eigenvalue weighted by molar-refractivity contribution is -0.0484. The lowest BCUT2D eigenvalue weighted by atomic mass is 10.1. The van der Waals surface area contributed by atoms with Crippen molar-refractivity contribution in [2.24, 2.45) is 5.92 Å². The summed E-state index contributed by atoms with van der Waals surface area (Å²) >= 11 is 0. The van der Waals surface area contributed by atoms with Crippen LogP contribution in [0.25, 0.3) is 0 Å². The van der Waals surface area contributed by atoms with Crippen LogP contribution < -0.4 is 5.32 Å². The van der Waals surface area contributed by atoms with Crippen LogP contribution in [-0.2, 0) is 9.47 Å². The minimum Gasteiger partial charge on any atom is -0.396 e. The molecule has 1 aliphatic rings. The monoisotopic (exact) mass is 189 g/mol. The number of methoxy groups -OCH3 is 2. The summed E-state index contributed by atoms with van der Waals surface area (Å²) in [6.07, 6.45) is 0.962. The summed E-state index contributed by atoms with van der Waals surface area (Å²) in [4.78, 5) is 0. The second kappa shape index (κ2) is 4.91. The maximum Gasteiger partial charge on any atom is 0.0988 e. The SMILES string of the molecule is CN[C@@H]1CC(CO)[C@@H](OC)[C@H]1OC. The van der Waals surface area contributed by atoms with Gasteiger partial charge in [-0.2, -0.15) is 0 Å². The molecule has 4 heteroatoms. The number of aliphatic hydroxyl groups excluding tert-OH is 1. The molecule has 0 saturated heterocycles. The number of rotatable bonds is 4. The van der Waals surface area contributed by atoms with Gasteiger partial charge in [-0.05, 0) is 13.5 Å². The molecule has 0 heterocycles. The smallest absolute Gasteiger partial charge is 0.0988 e. The summed E-state index contributed by atoms with van der Waals surface area (Å²) < 4.78 is 10.7. The van der Waals surface area contributed by atoms with Gasteiger partial charge < -0.3 is 19.9 Å². The van der Waals surface area contributed by atoms with Crippen molar-refractivity contribution < 1.29 is 14.6 Å². The van der Waals surface area contributed by atoms with E-state index in [9.17, 15) is 0 Å². The molecule has 0 aromatic rings. The number of likely N-dealkylation sites (N-methyl/N-ethyl adjacent to an activating group) is 1. The van der Waals surface area contributed by atoms with Crippen molar-refractivity contribution in [3.05, 3.63) is 0 Å². The molecule has 1 fully saturated rings. The molecular weight excluding hydrogens is 170 g/mol. The Morgan fingerprint density at radius 1 is 1.31 bits per heavy atom. The van der Waals surface area contributed by atoms with Gasteiger partial charge in [0.15, 0.2) is 0 Å². The first-order chi connectivity index (χ1) is 6.28. The maximum atomic E-state index is 9.13. The van der Waals surface area contributed by atoms with Crippen molar-refractivity contribution in [1.29, 1.82) is 0 Å². The van der Waals surface area contributed by atoms with E-state index in [-0.39, 0.29) is 30.8 Å². The number of nitrogens with one attached hydrogen (secondary N) is 1. The Morgan fingerprint density at radius 3 is 2.31 bits per heavy atom. The standard InChI is InChI=1S/C9H19NO3/c1-10-7-4-6(5-11)8(12-2)9(7)13-3/h6-11H,4-5H2,1-3H3/t6?,7-,8-,9+/m1/s1. The van der Waals surface area contributed by atoms with E-state index in [0.717, 1.165) is 6.42 Å². The van der Waals surface area contributed by atoms with Gasteiger partial charge in [-0.25, -0.2) is 0 Å². The van der Waals surface area contributed by atoms with E-state index < -0.39 is 0 Å². The van der Waals surface area contributed by atoms with Gasteiger partial charge in [-0.15, -0.1) is 0 Å².